The molecule has 1 aromatic heterocycles. The van der Waals surface area contributed by atoms with E-state index in [1.165, 1.54) is 19.8 Å². The van der Waals surface area contributed by atoms with Gasteiger partial charge < -0.3 is 5.32 Å². The summed E-state index contributed by atoms with van der Waals surface area (Å²) in [6, 6.07) is 13.8. The van der Waals surface area contributed by atoms with Gasteiger partial charge in [-0.25, -0.2) is 0 Å². The van der Waals surface area contributed by atoms with E-state index in [2.05, 4.69) is 71.5 Å². The van der Waals surface area contributed by atoms with E-state index in [1.54, 1.807) is 0 Å². The Morgan fingerprint density at radius 2 is 1.85 bits per heavy atom. The van der Waals surface area contributed by atoms with Crippen molar-refractivity contribution in [2.24, 2.45) is 0 Å². The molecule has 20 heavy (non-hydrogen) atoms. The third-order valence-corrected chi connectivity index (χ3v) is 5.27. The molecule has 108 valence electrons. The molecule has 0 spiro atoms. The molecule has 1 N–H and O–H groups in total. The van der Waals surface area contributed by atoms with Crippen LogP contribution in [0.1, 0.15) is 42.3 Å². The maximum Gasteiger partial charge on any atom is 0.0701 e. The van der Waals surface area contributed by atoms with Crippen LogP contribution in [0.3, 0.4) is 0 Å². The zero-order chi connectivity index (χ0) is 14.4. The zero-order valence-electron chi connectivity index (χ0n) is 12.2. The number of thiophene rings is 1. The Labute approximate surface area is 134 Å². The molecule has 2 aromatic rings. The third kappa shape index (κ3) is 4.44. The second-order valence-electron chi connectivity index (χ2n) is 4.97. The van der Waals surface area contributed by atoms with E-state index in [4.69, 9.17) is 0 Å². The molecule has 0 saturated heterocycles. The Morgan fingerprint density at radius 1 is 1.10 bits per heavy atom. The first-order valence-corrected chi connectivity index (χ1v) is 8.90. The largest absolute Gasteiger partial charge is 0.310 e. The van der Waals surface area contributed by atoms with Crippen LogP contribution in [0, 0.1) is 0 Å². The average molecular weight is 352 g/mol. The maximum absolute atomic E-state index is 3.67. The fourth-order valence-electron chi connectivity index (χ4n) is 2.34. The molecule has 0 aliphatic rings. The molecule has 0 amide bonds. The predicted octanol–water partition coefficient (Wildman–Crippen LogP) is 5.36. The summed E-state index contributed by atoms with van der Waals surface area (Å²) in [5, 5.41) is 3.67. The molecule has 0 aliphatic heterocycles. The van der Waals surface area contributed by atoms with Crippen molar-refractivity contribution in [2.45, 2.75) is 39.2 Å². The lowest BCUT2D eigenvalue weighted by Gasteiger charge is -2.17. The molecule has 1 nitrogen and oxygen atoms in total. The van der Waals surface area contributed by atoms with Crippen LogP contribution in [0.2, 0.25) is 0 Å². The smallest absolute Gasteiger partial charge is 0.0701 e. The second kappa shape index (κ2) is 7.96. The van der Waals surface area contributed by atoms with E-state index < -0.39 is 0 Å². The molecular weight excluding hydrogens is 330 g/mol. The minimum absolute atomic E-state index is 0.462. The van der Waals surface area contributed by atoms with Crippen molar-refractivity contribution in [3.63, 3.8) is 0 Å². The van der Waals surface area contributed by atoms with E-state index in [1.807, 2.05) is 11.3 Å². The van der Waals surface area contributed by atoms with E-state index >= 15 is 0 Å². The summed E-state index contributed by atoms with van der Waals surface area (Å²) in [5.74, 6) is 0. The number of nitrogens with one attached hydrogen (secondary N) is 1. The highest BCUT2D eigenvalue weighted by atomic mass is 79.9. The first kappa shape index (κ1) is 15.7. The van der Waals surface area contributed by atoms with Gasteiger partial charge >= 0.3 is 0 Å². The highest BCUT2D eigenvalue weighted by Crippen LogP contribution is 2.23. The molecule has 2 rings (SSSR count). The second-order valence-corrected chi connectivity index (χ2v) is 7.51. The molecule has 1 aromatic carbocycles. The van der Waals surface area contributed by atoms with Crippen LogP contribution < -0.4 is 5.32 Å². The van der Waals surface area contributed by atoms with Gasteiger partial charge in [-0.15, -0.1) is 11.3 Å². The van der Waals surface area contributed by atoms with Gasteiger partial charge in [0.15, 0.2) is 0 Å². The number of benzene rings is 1. The summed E-state index contributed by atoms with van der Waals surface area (Å²) in [5.41, 5.74) is 2.81. The van der Waals surface area contributed by atoms with E-state index in [0.29, 0.717) is 6.04 Å². The van der Waals surface area contributed by atoms with Crippen LogP contribution in [0.15, 0.2) is 40.2 Å². The van der Waals surface area contributed by atoms with Crippen molar-refractivity contribution in [1.29, 1.82) is 0 Å². The summed E-state index contributed by atoms with van der Waals surface area (Å²) in [6.45, 7) is 5.47. The van der Waals surface area contributed by atoms with Crippen LogP contribution >= 0.6 is 27.3 Å². The molecule has 0 radical (unpaired) electrons. The van der Waals surface area contributed by atoms with Crippen molar-refractivity contribution in [1.82, 2.24) is 5.32 Å². The Kier molecular flexibility index (Phi) is 6.27. The number of hydrogen-bond donors (Lipinski definition) is 1. The van der Waals surface area contributed by atoms with Gasteiger partial charge in [-0.1, -0.05) is 38.1 Å². The van der Waals surface area contributed by atoms with Gasteiger partial charge in [0.25, 0.3) is 0 Å². The Hall–Kier alpha value is -0.640. The Morgan fingerprint density at radius 3 is 2.40 bits per heavy atom. The van der Waals surface area contributed by atoms with Gasteiger partial charge in [0.05, 0.1) is 3.79 Å². The molecule has 3 heteroatoms. The molecular formula is C17H22BrNS. The standard InChI is InChI=1S/C17H22BrNS/c1-3-13-5-7-14(8-6-13)16(4-2)19-12-11-15-9-10-17(18)20-15/h5-10,16,19H,3-4,11-12H2,1-2H3. The van der Waals surface area contributed by atoms with E-state index in [9.17, 15) is 0 Å². The highest BCUT2D eigenvalue weighted by molar-refractivity contribution is 9.11. The van der Waals surface area contributed by atoms with Crippen molar-refractivity contribution >= 4 is 27.3 Å². The average Bonchev–Trinajstić information content (AvgIpc) is 2.89. The van der Waals surface area contributed by atoms with Crippen LogP contribution in [-0.2, 0) is 12.8 Å². The Balaban J connectivity index is 1.88. The zero-order valence-corrected chi connectivity index (χ0v) is 14.6. The van der Waals surface area contributed by atoms with Gasteiger partial charge in [-0.05, 0) is 58.5 Å². The first-order chi connectivity index (χ1) is 9.72. The molecule has 0 aliphatic carbocycles. The van der Waals surface area contributed by atoms with Crippen LogP contribution in [0.4, 0.5) is 0 Å². The minimum atomic E-state index is 0.462. The molecule has 1 heterocycles. The summed E-state index contributed by atoms with van der Waals surface area (Å²) in [4.78, 5) is 1.43. The first-order valence-electron chi connectivity index (χ1n) is 7.29. The lowest BCUT2D eigenvalue weighted by Crippen LogP contribution is -2.23. The summed E-state index contributed by atoms with van der Waals surface area (Å²) in [7, 11) is 0. The van der Waals surface area contributed by atoms with Gasteiger partial charge in [-0.2, -0.15) is 0 Å². The SMILES string of the molecule is CCc1ccc(C(CC)NCCc2ccc(Br)s2)cc1. The topological polar surface area (TPSA) is 12.0 Å². The minimum Gasteiger partial charge on any atom is -0.310 e. The van der Waals surface area contributed by atoms with E-state index in [-0.39, 0.29) is 0 Å². The highest BCUT2D eigenvalue weighted by Gasteiger charge is 2.08. The Bertz CT molecular complexity index is 518. The maximum atomic E-state index is 3.67. The summed E-state index contributed by atoms with van der Waals surface area (Å²) >= 11 is 5.34. The fourth-order valence-corrected chi connectivity index (χ4v) is 3.82. The number of rotatable bonds is 7. The lowest BCUT2D eigenvalue weighted by molar-refractivity contribution is 0.523. The lowest BCUT2D eigenvalue weighted by atomic mass is 10.0. The molecule has 1 unspecified atom stereocenters. The summed E-state index contributed by atoms with van der Waals surface area (Å²) < 4.78 is 1.22. The predicted molar refractivity (Wildman–Crippen MR) is 92.6 cm³/mol. The molecule has 1 atom stereocenters. The van der Waals surface area contributed by atoms with Gasteiger partial charge in [0, 0.05) is 17.5 Å². The fraction of sp³-hybridized carbons (Fsp3) is 0.412. The van der Waals surface area contributed by atoms with Crippen molar-refractivity contribution in [3.05, 3.63) is 56.2 Å². The quantitative estimate of drug-likeness (QED) is 0.708. The molecule has 0 saturated carbocycles. The van der Waals surface area contributed by atoms with Crippen molar-refractivity contribution in [3.8, 4) is 0 Å². The molecule has 0 bridgehead atoms. The van der Waals surface area contributed by atoms with Crippen LogP contribution in [-0.4, -0.2) is 6.54 Å². The normalized spacial score (nSPS) is 12.6. The van der Waals surface area contributed by atoms with Crippen LogP contribution in [0.25, 0.3) is 0 Å². The van der Waals surface area contributed by atoms with Gasteiger partial charge in [0.2, 0.25) is 0 Å². The van der Waals surface area contributed by atoms with Gasteiger partial charge in [-0.3, -0.25) is 0 Å². The third-order valence-electron chi connectivity index (χ3n) is 3.59. The van der Waals surface area contributed by atoms with Crippen molar-refractivity contribution < 1.29 is 0 Å². The van der Waals surface area contributed by atoms with Crippen LogP contribution in [0.5, 0.6) is 0 Å². The van der Waals surface area contributed by atoms with E-state index in [0.717, 1.165) is 25.8 Å². The summed E-state index contributed by atoms with van der Waals surface area (Å²) in [6.07, 6.45) is 3.33. The molecule has 0 fully saturated rings. The number of aryl methyl sites for hydroxylation is 1. The van der Waals surface area contributed by atoms with Gasteiger partial charge in [0.1, 0.15) is 0 Å². The number of halogens is 1. The monoisotopic (exact) mass is 351 g/mol. The van der Waals surface area contributed by atoms with Crippen molar-refractivity contribution in [2.75, 3.05) is 6.54 Å². The number of hydrogen-bond acceptors (Lipinski definition) is 2.